The molecule has 0 atom stereocenters. The van der Waals surface area contributed by atoms with E-state index >= 15 is 0 Å². The van der Waals surface area contributed by atoms with Crippen molar-refractivity contribution in [1.82, 2.24) is 15.1 Å². The summed E-state index contributed by atoms with van der Waals surface area (Å²) in [6, 6.07) is 7.99. The van der Waals surface area contributed by atoms with Gasteiger partial charge < -0.3 is 9.26 Å². The van der Waals surface area contributed by atoms with Crippen LogP contribution in [0.4, 0.5) is 4.39 Å². The predicted molar refractivity (Wildman–Crippen MR) is 83.6 cm³/mol. The first-order valence-corrected chi connectivity index (χ1v) is 7.22. The summed E-state index contributed by atoms with van der Waals surface area (Å²) in [6.45, 7) is 3.99. The van der Waals surface area contributed by atoms with E-state index in [-0.39, 0.29) is 11.7 Å². The Balaban J connectivity index is 1.93. The largest absolute Gasteiger partial charge is 0.496 e. The van der Waals surface area contributed by atoms with Gasteiger partial charge in [-0.2, -0.15) is 4.98 Å². The molecule has 5 nitrogen and oxygen atoms in total. The van der Waals surface area contributed by atoms with Gasteiger partial charge in [-0.05, 0) is 24.3 Å². The molecule has 0 unspecified atom stereocenters. The van der Waals surface area contributed by atoms with Gasteiger partial charge in [0.2, 0.25) is 0 Å². The number of pyridine rings is 1. The van der Waals surface area contributed by atoms with E-state index in [0.717, 1.165) is 5.56 Å². The number of hydrogen-bond donors (Lipinski definition) is 0. The molecule has 0 saturated heterocycles. The molecule has 3 rings (SSSR count). The van der Waals surface area contributed by atoms with Crippen LogP contribution in [0, 0.1) is 5.82 Å². The van der Waals surface area contributed by atoms with Crippen LogP contribution >= 0.6 is 0 Å². The van der Waals surface area contributed by atoms with Gasteiger partial charge in [0.05, 0.1) is 18.4 Å². The first-order valence-electron chi connectivity index (χ1n) is 7.22. The van der Waals surface area contributed by atoms with Crippen molar-refractivity contribution in [1.29, 1.82) is 0 Å². The number of ether oxygens (including phenoxy) is 1. The summed E-state index contributed by atoms with van der Waals surface area (Å²) in [6.07, 6.45) is 1.65. The minimum Gasteiger partial charge on any atom is -0.496 e. The molecule has 23 heavy (non-hydrogen) atoms. The zero-order valence-corrected chi connectivity index (χ0v) is 13.1. The molecule has 0 aliphatic carbocycles. The SMILES string of the molecule is COc1cc(F)ccc1-c1ccc(-c2nc(C(C)C)no2)cn1. The molecule has 0 radical (unpaired) electrons. The normalized spacial score (nSPS) is 11.0. The second-order valence-electron chi connectivity index (χ2n) is 5.39. The summed E-state index contributed by atoms with van der Waals surface area (Å²) in [4.78, 5) is 8.72. The van der Waals surface area contributed by atoms with Crippen LogP contribution in [0.1, 0.15) is 25.6 Å². The van der Waals surface area contributed by atoms with Gasteiger partial charge >= 0.3 is 0 Å². The Morgan fingerprint density at radius 3 is 2.61 bits per heavy atom. The minimum atomic E-state index is -0.353. The summed E-state index contributed by atoms with van der Waals surface area (Å²) >= 11 is 0. The van der Waals surface area contributed by atoms with E-state index in [0.29, 0.717) is 28.7 Å². The lowest BCUT2D eigenvalue weighted by molar-refractivity contribution is 0.413. The van der Waals surface area contributed by atoms with Crippen molar-refractivity contribution >= 4 is 0 Å². The van der Waals surface area contributed by atoms with Crippen molar-refractivity contribution in [3.63, 3.8) is 0 Å². The standard InChI is InChI=1S/C17H16FN3O2/c1-10(2)16-20-17(23-21-16)11-4-7-14(19-9-11)13-6-5-12(18)8-15(13)22-3/h4-10H,1-3H3. The van der Waals surface area contributed by atoms with Crippen LogP contribution in [0.5, 0.6) is 5.75 Å². The minimum absolute atomic E-state index is 0.197. The summed E-state index contributed by atoms with van der Waals surface area (Å²) in [7, 11) is 1.50. The van der Waals surface area contributed by atoms with Crippen molar-refractivity contribution in [3.8, 4) is 28.5 Å². The van der Waals surface area contributed by atoms with Gasteiger partial charge in [0, 0.05) is 23.7 Å². The van der Waals surface area contributed by atoms with Gasteiger partial charge in [0.15, 0.2) is 5.82 Å². The molecule has 0 saturated carbocycles. The third-order valence-corrected chi connectivity index (χ3v) is 3.41. The van der Waals surface area contributed by atoms with Gasteiger partial charge in [-0.25, -0.2) is 4.39 Å². The van der Waals surface area contributed by atoms with Crippen LogP contribution in [-0.4, -0.2) is 22.2 Å². The van der Waals surface area contributed by atoms with E-state index in [1.165, 1.54) is 19.2 Å². The van der Waals surface area contributed by atoms with E-state index in [9.17, 15) is 4.39 Å². The molecule has 2 heterocycles. The van der Waals surface area contributed by atoms with Crippen molar-refractivity contribution in [2.24, 2.45) is 0 Å². The second-order valence-corrected chi connectivity index (χ2v) is 5.39. The van der Waals surface area contributed by atoms with Crippen LogP contribution in [-0.2, 0) is 0 Å². The van der Waals surface area contributed by atoms with Crippen LogP contribution in [0.15, 0.2) is 41.1 Å². The van der Waals surface area contributed by atoms with Crippen molar-refractivity contribution < 1.29 is 13.7 Å². The highest BCUT2D eigenvalue weighted by Gasteiger charge is 2.13. The quantitative estimate of drug-likeness (QED) is 0.726. The van der Waals surface area contributed by atoms with E-state index < -0.39 is 0 Å². The molecule has 0 spiro atoms. The number of methoxy groups -OCH3 is 1. The van der Waals surface area contributed by atoms with Crippen LogP contribution in [0.3, 0.4) is 0 Å². The summed E-state index contributed by atoms with van der Waals surface area (Å²) in [5.41, 5.74) is 2.12. The molecule has 0 bridgehead atoms. The maximum absolute atomic E-state index is 13.3. The van der Waals surface area contributed by atoms with E-state index in [1.807, 2.05) is 26.0 Å². The number of nitrogens with zero attached hydrogens (tertiary/aromatic N) is 3. The highest BCUT2D eigenvalue weighted by Crippen LogP contribution is 2.30. The Morgan fingerprint density at radius 2 is 2.00 bits per heavy atom. The smallest absolute Gasteiger partial charge is 0.259 e. The molecule has 1 aromatic carbocycles. The molecule has 6 heteroatoms. The molecule has 0 aliphatic heterocycles. The first-order chi connectivity index (χ1) is 11.1. The number of rotatable bonds is 4. The Labute approximate surface area is 133 Å². The highest BCUT2D eigenvalue weighted by atomic mass is 19.1. The molecule has 2 aromatic heterocycles. The number of halogens is 1. The monoisotopic (exact) mass is 313 g/mol. The summed E-state index contributed by atoms with van der Waals surface area (Å²) in [5, 5.41) is 3.93. The van der Waals surface area contributed by atoms with Crippen molar-refractivity contribution in [2.45, 2.75) is 19.8 Å². The predicted octanol–water partition coefficient (Wildman–Crippen LogP) is 4.07. The Bertz CT molecular complexity index is 813. The number of hydrogen-bond acceptors (Lipinski definition) is 5. The molecule has 0 amide bonds. The number of benzene rings is 1. The fraction of sp³-hybridized carbons (Fsp3) is 0.235. The van der Waals surface area contributed by atoms with Gasteiger partial charge in [-0.15, -0.1) is 0 Å². The van der Waals surface area contributed by atoms with Crippen LogP contribution in [0.25, 0.3) is 22.7 Å². The third kappa shape index (κ3) is 3.06. The lowest BCUT2D eigenvalue weighted by Crippen LogP contribution is -1.92. The topological polar surface area (TPSA) is 61.0 Å². The van der Waals surface area contributed by atoms with Crippen LogP contribution in [0.2, 0.25) is 0 Å². The lowest BCUT2D eigenvalue weighted by Gasteiger charge is -2.08. The van der Waals surface area contributed by atoms with E-state index in [2.05, 4.69) is 15.1 Å². The average Bonchev–Trinajstić information content (AvgIpc) is 3.05. The van der Waals surface area contributed by atoms with Gasteiger partial charge in [0.25, 0.3) is 5.89 Å². The fourth-order valence-electron chi connectivity index (χ4n) is 2.14. The van der Waals surface area contributed by atoms with Gasteiger partial charge in [-0.1, -0.05) is 19.0 Å². The first kappa shape index (κ1) is 15.1. The maximum Gasteiger partial charge on any atom is 0.259 e. The van der Waals surface area contributed by atoms with E-state index in [1.54, 1.807) is 12.3 Å². The van der Waals surface area contributed by atoms with E-state index in [4.69, 9.17) is 9.26 Å². The Morgan fingerprint density at radius 1 is 1.17 bits per heavy atom. The fourth-order valence-corrected chi connectivity index (χ4v) is 2.14. The second kappa shape index (κ2) is 6.16. The third-order valence-electron chi connectivity index (χ3n) is 3.41. The molecular weight excluding hydrogens is 297 g/mol. The molecule has 0 N–H and O–H groups in total. The van der Waals surface area contributed by atoms with Crippen LogP contribution < -0.4 is 4.74 Å². The Hall–Kier alpha value is -2.76. The summed E-state index contributed by atoms with van der Waals surface area (Å²) < 4.78 is 23.7. The molecule has 0 aliphatic rings. The average molecular weight is 313 g/mol. The van der Waals surface area contributed by atoms with Gasteiger partial charge in [0.1, 0.15) is 11.6 Å². The molecule has 0 fully saturated rings. The lowest BCUT2D eigenvalue weighted by atomic mass is 10.1. The number of aromatic nitrogens is 3. The molecule has 3 aromatic rings. The van der Waals surface area contributed by atoms with Crippen molar-refractivity contribution in [3.05, 3.63) is 48.2 Å². The zero-order valence-electron chi connectivity index (χ0n) is 13.1. The van der Waals surface area contributed by atoms with Crippen molar-refractivity contribution in [2.75, 3.05) is 7.11 Å². The maximum atomic E-state index is 13.3. The Kier molecular flexibility index (Phi) is 4.06. The van der Waals surface area contributed by atoms with Gasteiger partial charge in [-0.3, -0.25) is 4.98 Å². The highest BCUT2D eigenvalue weighted by molar-refractivity contribution is 5.68. The summed E-state index contributed by atoms with van der Waals surface area (Å²) in [5.74, 6) is 1.37. The molecule has 118 valence electrons. The molecular formula is C17H16FN3O2. The zero-order chi connectivity index (χ0) is 16.4.